The minimum absolute atomic E-state index is 0.0336. The second kappa shape index (κ2) is 7.22. The zero-order chi connectivity index (χ0) is 15.1. The molecule has 1 aromatic heterocycles. The average molecular weight is 280 g/mol. The molecule has 0 unspecified atom stereocenters. The molecule has 1 aromatic carbocycles. The summed E-state index contributed by atoms with van der Waals surface area (Å²) in [5.74, 6) is 6.13. The Hall–Kier alpha value is -2.64. The minimum atomic E-state index is -0.211. The normalized spacial score (nSPS) is 9.62. The van der Waals surface area contributed by atoms with Crippen LogP contribution >= 0.6 is 0 Å². The van der Waals surface area contributed by atoms with Crippen molar-refractivity contribution in [2.45, 2.75) is 13.3 Å². The first-order valence-corrected chi connectivity index (χ1v) is 6.64. The summed E-state index contributed by atoms with van der Waals surface area (Å²) in [6.07, 6.45) is 2.04. The van der Waals surface area contributed by atoms with Gasteiger partial charge in [0.1, 0.15) is 5.82 Å². The summed E-state index contributed by atoms with van der Waals surface area (Å²) in [5.41, 5.74) is 2.17. The number of aliphatic hydroxyl groups excluding tert-OH is 1. The predicted molar refractivity (Wildman–Crippen MR) is 82.0 cm³/mol. The molecule has 2 aromatic rings. The SMILES string of the molecule is Cc1c(C#CCCO)cccc1C(=O)Nc1ccccn1. The first-order valence-electron chi connectivity index (χ1n) is 6.64. The number of aromatic nitrogens is 1. The fourth-order valence-electron chi connectivity index (χ4n) is 1.85. The smallest absolute Gasteiger partial charge is 0.257 e. The van der Waals surface area contributed by atoms with Gasteiger partial charge < -0.3 is 10.4 Å². The van der Waals surface area contributed by atoms with Crippen molar-refractivity contribution in [1.29, 1.82) is 0 Å². The first kappa shape index (κ1) is 14.8. The topological polar surface area (TPSA) is 62.2 Å². The molecule has 0 aliphatic rings. The summed E-state index contributed by atoms with van der Waals surface area (Å²) in [6.45, 7) is 1.89. The number of hydrogen-bond donors (Lipinski definition) is 2. The molecular formula is C17H16N2O2. The van der Waals surface area contributed by atoms with Crippen molar-refractivity contribution in [3.63, 3.8) is 0 Å². The van der Waals surface area contributed by atoms with Gasteiger partial charge in [0.15, 0.2) is 0 Å². The van der Waals surface area contributed by atoms with Gasteiger partial charge in [-0.2, -0.15) is 0 Å². The number of aliphatic hydroxyl groups is 1. The van der Waals surface area contributed by atoms with E-state index in [1.165, 1.54) is 0 Å². The number of hydrogen-bond acceptors (Lipinski definition) is 3. The molecular weight excluding hydrogens is 264 g/mol. The van der Waals surface area contributed by atoms with E-state index in [4.69, 9.17) is 5.11 Å². The summed E-state index contributed by atoms with van der Waals surface area (Å²) >= 11 is 0. The molecule has 2 N–H and O–H groups in total. The second-order valence-electron chi connectivity index (χ2n) is 4.42. The number of carbonyl (C=O) groups is 1. The molecule has 0 saturated heterocycles. The van der Waals surface area contributed by atoms with Crippen LogP contribution in [0.4, 0.5) is 5.82 Å². The van der Waals surface area contributed by atoms with Crippen LogP contribution in [0.25, 0.3) is 0 Å². The van der Waals surface area contributed by atoms with E-state index in [0.29, 0.717) is 17.8 Å². The third kappa shape index (κ3) is 3.91. The second-order valence-corrected chi connectivity index (χ2v) is 4.42. The molecule has 1 heterocycles. The van der Waals surface area contributed by atoms with E-state index in [2.05, 4.69) is 22.1 Å². The van der Waals surface area contributed by atoms with Crippen molar-refractivity contribution >= 4 is 11.7 Å². The molecule has 0 radical (unpaired) electrons. The summed E-state index contributed by atoms with van der Waals surface area (Å²) < 4.78 is 0. The molecule has 21 heavy (non-hydrogen) atoms. The molecule has 0 fully saturated rings. The van der Waals surface area contributed by atoms with Gasteiger partial charge in [-0.1, -0.05) is 24.0 Å². The third-order valence-electron chi connectivity index (χ3n) is 2.94. The number of nitrogens with one attached hydrogen (secondary N) is 1. The van der Waals surface area contributed by atoms with E-state index < -0.39 is 0 Å². The van der Waals surface area contributed by atoms with Gasteiger partial charge in [-0.05, 0) is 36.8 Å². The van der Waals surface area contributed by atoms with Crippen LogP contribution in [0.2, 0.25) is 0 Å². The molecule has 1 amide bonds. The fraction of sp³-hybridized carbons (Fsp3) is 0.176. The predicted octanol–water partition coefficient (Wildman–Crippen LogP) is 2.38. The maximum Gasteiger partial charge on any atom is 0.257 e. The maximum atomic E-state index is 12.3. The standard InChI is InChI=1S/C17H16N2O2/c1-13-14(7-3-5-12-20)8-6-9-15(13)17(21)19-16-10-2-4-11-18-16/h2,4,6,8-11,20H,5,12H2,1H3,(H,18,19,21). The van der Waals surface area contributed by atoms with Crippen LogP contribution < -0.4 is 5.32 Å². The number of anilines is 1. The van der Waals surface area contributed by atoms with Crippen molar-refractivity contribution in [3.8, 4) is 11.8 Å². The van der Waals surface area contributed by atoms with Crippen molar-refractivity contribution in [2.75, 3.05) is 11.9 Å². The molecule has 2 rings (SSSR count). The number of amides is 1. The molecule has 106 valence electrons. The number of rotatable bonds is 3. The largest absolute Gasteiger partial charge is 0.395 e. The molecule has 0 atom stereocenters. The van der Waals surface area contributed by atoms with Gasteiger partial charge in [0, 0.05) is 23.7 Å². The lowest BCUT2D eigenvalue weighted by Gasteiger charge is -2.08. The minimum Gasteiger partial charge on any atom is -0.395 e. The van der Waals surface area contributed by atoms with Crippen molar-refractivity contribution < 1.29 is 9.90 Å². The van der Waals surface area contributed by atoms with E-state index in [9.17, 15) is 4.79 Å². The van der Waals surface area contributed by atoms with Crippen molar-refractivity contribution in [2.24, 2.45) is 0 Å². The van der Waals surface area contributed by atoms with Crippen LogP contribution in [0.5, 0.6) is 0 Å². The summed E-state index contributed by atoms with van der Waals surface area (Å²) in [7, 11) is 0. The highest BCUT2D eigenvalue weighted by Crippen LogP contribution is 2.14. The number of pyridine rings is 1. The van der Waals surface area contributed by atoms with Crippen LogP contribution in [-0.2, 0) is 0 Å². The lowest BCUT2D eigenvalue weighted by Crippen LogP contribution is -2.14. The van der Waals surface area contributed by atoms with Gasteiger partial charge in [0.2, 0.25) is 0 Å². The van der Waals surface area contributed by atoms with Gasteiger partial charge in [0.25, 0.3) is 5.91 Å². The number of carbonyl (C=O) groups excluding carboxylic acids is 1. The molecule has 0 spiro atoms. The average Bonchev–Trinajstić information content (AvgIpc) is 2.50. The van der Waals surface area contributed by atoms with Crippen LogP contribution in [-0.4, -0.2) is 22.6 Å². The van der Waals surface area contributed by atoms with Gasteiger partial charge in [0.05, 0.1) is 6.61 Å². The Balaban J connectivity index is 2.22. The van der Waals surface area contributed by atoms with Gasteiger partial charge in [-0.25, -0.2) is 4.98 Å². The zero-order valence-electron chi connectivity index (χ0n) is 11.8. The Kier molecular flexibility index (Phi) is 5.08. The summed E-state index contributed by atoms with van der Waals surface area (Å²) in [6, 6.07) is 10.7. The van der Waals surface area contributed by atoms with Crippen LogP contribution in [0, 0.1) is 18.8 Å². The van der Waals surface area contributed by atoms with Gasteiger partial charge >= 0.3 is 0 Å². The highest BCUT2D eigenvalue weighted by molar-refractivity contribution is 6.05. The van der Waals surface area contributed by atoms with Crippen LogP contribution in [0.15, 0.2) is 42.6 Å². The van der Waals surface area contributed by atoms with Crippen molar-refractivity contribution in [1.82, 2.24) is 4.98 Å². The summed E-state index contributed by atoms with van der Waals surface area (Å²) in [4.78, 5) is 16.3. The number of nitrogens with zero attached hydrogens (tertiary/aromatic N) is 1. The van der Waals surface area contributed by atoms with Crippen molar-refractivity contribution in [3.05, 3.63) is 59.3 Å². The van der Waals surface area contributed by atoms with E-state index in [0.717, 1.165) is 11.1 Å². The monoisotopic (exact) mass is 280 g/mol. The van der Waals surface area contributed by atoms with E-state index in [1.807, 2.05) is 19.1 Å². The Morgan fingerprint density at radius 2 is 2.14 bits per heavy atom. The Morgan fingerprint density at radius 3 is 2.86 bits per heavy atom. The van der Waals surface area contributed by atoms with E-state index in [1.54, 1.807) is 30.5 Å². The Bertz CT molecular complexity index is 685. The lowest BCUT2D eigenvalue weighted by atomic mass is 10.0. The zero-order valence-corrected chi connectivity index (χ0v) is 11.8. The Morgan fingerprint density at radius 1 is 1.29 bits per heavy atom. The molecule has 0 bridgehead atoms. The first-order chi connectivity index (χ1) is 10.2. The van der Waals surface area contributed by atoms with Gasteiger partial charge in [-0.15, -0.1) is 0 Å². The highest BCUT2D eigenvalue weighted by atomic mass is 16.2. The molecule has 0 saturated carbocycles. The summed E-state index contributed by atoms with van der Waals surface area (Å²) in [5, 5.41) is 11.5. The van der Waals surface area contributed by atoms with Crippen LogP contribution in [0.3, 0.4) is 0 Å². The molecule has 4 nitrogen and oxygen atoms in total. The molecule has 0 aliphatic heterocycles. The fourth-order valence-corrected chi connectivity index (χ4v) is 1.85. The van der Waals surface area contributed by atoms with E-state index in [-0.39, 0.29) is 12.5 Å². The van der Waals surface area contributed by atoms with Gasteiger partial charge in [-0.3, -0.25) is 4.79 Å². The molecule has 0 aliphatic carbocycles. The lowest BCUT2D eigenvalue weighted by molar-refractivity contribution is 0.102. The maximum absolute atomic E-state index is 12.3. The number of benzene rings is 1. The highest BCUT2D eigenvalue weighted by Gasteiger charge is 2.11. The molecule has 4 heteroatoms. The quantitative estimate of drug-likeness (QED) is 0.849. The Labute approximate surface area is 123 Å². The van der Waals surface area contributed by atoms with E-state index >= 15 is 0 Å². The van der Waals surface area contributed by atoms with Crippen LogP contribution in [0.1, 0.15) is 27.9 Å². The third-order valence-corrected chi connectivity index (χ3v) is 2.94.